The van der Waals surface area contributed by atoms with Crippen molar-refractivity contribution in [2.75, 3.05) is 50.1 Å². The zero-order chi connectivity index (χ0) is 25.9. The number of sulfone groups is 1. The second-order valence-electron chi connectivity index (χ2n) is 9.93. The van der Waals surface area contributed by atoms with E-state index in [9.17, 15) is 18.0 Å². The van der Waals surface area contributed by atoms with E-state index in [1.807, 2.05) is 33.9 Å². The molecule has 1 unspecified atom stereocenters. The fourth-order valence-electron chi connectivity index (χ4n) is 4.92. The fourth-order valence-corrected chi connectivity index (χ4v) is 5.72. The van der Waals surface area contributed by atoms with Crippen LogP contribution in [0, 0.1) is 6.92 Å². The van der Waals surface area contributed by atoms with Gasteiger partial charge < -0.3 is 20.4 Å². The molecule has 1 fully saturated rings. The molecule has 10 heteroatoms. The number of hydrogen-bond donors (Lipinski definition) is 2. The Morgan fingerprint density at radius 1 is 1.26 bits per heavy atom. The molecule has 0 saturated carbocycles. The lowest BCUT2D eigenvalue weighted by Gasteiger charge is -2.38. The Hall–Kier alpha value is -2.10. The van der Waals surface area contributed by atoms with Crippen LogP contribution in [-0.4, -0.2) is 82.5 Å². The van der Waals surface area contributed by atoms with Gasteiger partial charge in [0.15, 0.2) is 0 Å². The first kappa shape index (κ1) is 27.5. The normalized spacial score (nSPS) is 20.1. The number of anilines is 1. The maximum absolute atomic E-state index is 13.1. The van der Waals surface area contributed by atoms with Crippen LogP contribution in [0.4, 0.5) is 5.69 Å². The lowest BCUT2D eigenvalue weighted by Crippen LogP contribution is -2.45. The molecule has 1 atom stereocenters. The summed E-state index contributed by atoms with van der Waals surface area (Å²) in [4.78, 5) is 29.8. The Balaban J connectivity index is 1.68. The predicted octanol–water partition coefficient (Wildman–Crippen LogP) is 2.55. The van der Waals surface area contributed by atoms with Gasteiger partial charge in [-0.15, -0.1) is 0 Å². The van der Waals surface area contributed by atoms with Crippen LogP contribution in [0.1, 0.15) is 49.0 Å². The molecule has 0 bridgehead atoms. The summed E-state index contributed by atoms with van der Waals surface area (Å²) >= 11 is 6.42. The van der Waals surface area contributed by atoms with Crippen molar-refractivity contribution in [3.8, 4) is 0 Å². The summed E-state index contributed by atoms with van der Waals surface area (Å²) in [6.45, 7) is 8.19. The van der Waals surface area contributed by atoms with E-state index >= 15 is 0 Å². The largest absolute Gasteiger partial charge is 0.371 e. The zero-order valence-corrected chi connectivity index (χ0v) is 22.9. The van der Waals surface area contributed by atoms with Gasteiger partial charge in [-0.3, -0.25) is 9.59 Å². The Morgan fingerprint density at radius 3 is 2.51 bits per heavy atom. The molecule has 2 N–H and O–H groups in total. The van der Waals surface area contributed by atoms with Crippen molar-refractivity contribution in [3.63, 3.8) is 0 Å². The van der Waals surface area contributed by atoms with Gasteiger partial charge in [-0.05, 0) is 57.7 Å². The van der Waals surface area contributed by atoms with Crippen molar-refractivity contribution >= 4 is 38.9 Å². The van der Waals surface area contributed by atoms with Gasteiger partial charge in [0, 0.05) is 73.4 Å². The topological polar surface area (TPSA) is 98.8 Å². The number of piperidine rings is 1. The van der Waals surface area contributed by atoms with Gasteiger partial charge in [0.25, 0.3) is 5.91 Å². The van der Waals surface area contributed by atoms with E-state index in [2.05, 4.69) is 20.4 Å². The highest BCUT2D eigenvalue weighted by Gasteiger charge is 2.26. The second-order valence-corrected chi connectivity index (χ2v) is 12.6. The van der Waals surface area contributed by atoms with E-state index < -0.39 is 9.84 Å². The summed E-state index contributed by atoms with van der Waals surface area (Å²) in [5.74, 6) is -0.217. The van der Waals surface area contributed by atoms with Crippen molar-refractivity contribution in [1.29, 1.82) is 0 Å². The predicted molar refractivity (Wildman–Crippen MR) is 141 cm³/mol. The third-order valence-electron chi connectivity index (χ3n) is 7.06. The van der Waals surface area contributed by atoms with E-state index in [1.165, 1.54) is 6.26 Å². The molecule has 3 rings (SSSR count). The maximum Gasteiger partial charge on any atom is 0.251 e. The number of likely N-dealkylation sites (tertiary alicyclic amines) is 1. The average Bonchev–Trinajstić information content (AvgIpc) is 2.77. The molecule has 0 spiro atoms. The number of nitrogens with one attached hydrogen (secondary N) is 2. The first-order chi connectivity index (χ1) is 16.4. The van der Waals surface area contributed by atoms with Crippen molar-refractivity contribution < 1.29 is 18.0 Å². The molecule has 1 aromatic carbocycles. The maximum atomic E-state index is 13.1. The molecular weight excluding hydrogens is 488 g/mol. The van der Waals surface area contributed by atoms with Crippen molar-refractivity contribution in [3.05, 3.63) is 39.4 Å². The molecule has 194 valence electrons. The SMILES string of the molecule is CC1=C(CNC(=O)c2cc(Cl)cc(N(C)C3CCN(CCS(C)(=O)=O)CC3)c2C)C(=O)NC(C)C1. The van der Waals surface area contributed by atoms with E-state index in [4.69, 9.17) is 11.6 Å². The Morgan fingerprint density at radius 2 is 1.91 bits per heavy atom. The first-order valence-electron chi connectivity index (χ1n) is 12.1. The lowest BCUT2D eigenvalue weighted by molar-refractivity contribution is -0.118. The molecule has 1 aromatic rings. The number of rotatable bonds is 8. The van der Waals surface area contributed by atoms with Crippen molar-refractivity contribution in [2.45, 2.75) is 52.1 Å². The van der Waals surface area contributed by atoms with Gasteiger partial charge in [-0.2, -0.15) is 0 Å². The van der Waals surface area contributed by atoms with Crippen LogP contribution in [0.15, 0.2) is 23.3 Å². The van der Waals surface area contributed by atoms with Gasteiger partial charge in [-0.1, -0.05) is 17.2 Å². The van der Waals surface area contributed by atoms with Crippen molar-refractivity contribution in [1.82, 2.24) is 15.5 Å². The lowest BCUT2D eigenvalue weighted by atomic mass is 9.97. The average molecular weight is 525 g/mol. The van der Waals surface area contributed by atoms with Gasteiger partial charge in [0.1, 0.15) is 9.84 Å². The number of nitrogens with zero attached hydrogens (tertiary/aromatic N) is 2. The van der Waals surface area contributed by atoms with Gasteiger partial charge in [0.2, 0.25) is 5.91 Å². The van der Waals surface area contributed by atoms with Crippen LogP contribution < -0.4 is 15.5 Å². The summed E-state index contributed by atoms with van der Waals surface area (Å²) in [5, 5.41) is 6.29. The fraction of sp³-hybridized carbons (Fsp3) is 0.600. The van der Waals surface area contributed by atoms with Gasteiger partial charge in [0.05, 0.1) is 5.75 Å². The number of hydrogen-bond acceptors (Lipinski definition) is 6. The highest BCUT2D eigenvalue weighted by molar-refractivity contribution is 7.90. The Bertz CT molecular complexity index is 1110. The quantitative estimate of drug-likeness (QED) is 0.542. The summed E-state index contributed by atoms with van der Waals surface area (Å²) < 4.78 is 22.9. The molecule has 35 heavy (non-hydrogen) atoms. The standard InChI is InChI=1S/C25H37ClN4O4S/c1-16-12-17(2)28-25(32)22(16)15-27-24(31)21-13-19(26)14-23(18(21)3)29(4)20-6-8-30(9-7-20)10-11-35(5,33)34/h13-14,17,20H,6-12,15H2,1-5H3,(H,27,31)(H,28,32). The minimum Gasteiger partial charge on any atom is -0.371 e. The third kappa shape index (κ3) is 7.21. The van der Waals surface area contributed by atoms with E-state index in [0.29, 0.717) is 22.7 Å². The molecule has 0 aromatic heterocycles. The highest BCUT2D eigenvalue weighted by Crippen LogP contribution is 2.31. The third-order valence-corrected chi connectivity index (χ3v) is 8.20. The molecular formula is C25H37ClN4O4S. The van der Waals surface area contributed by atoms with Crippen LogP contribution in [0.25, 0.3) is 0 Å². The smallest absolute Gasteiger partial charge is 0.251 e. The van der Waals surface area contributed by atoms with E-state index in [1.54, 1.807) is 6.07 Å². The van der Waals surface area contributed by atoms with E-state index in [-0.39, 0.29) is 36.2 Å². The number of carbonyl (C=O) groups excluding carboxylic acids is 2. The highest BCUT2D eigenvalue weighted by atomic mass is 35.5. The Kier molecular flexibility index (Phi) is 8.88. The summed E-state index contributed by atoms with van der Waals surface area (Å²) in [6.07, 6.45) is 3.84. The summed E-state index contributed by atoms with van der Waals surface area (Å²) in [5.41, 5.74) is 3.83. The molecule has 0 radical (unpaired) electrons. The minimum absolute atomic E-state index is 0.0989. The van der Waals surface area contributed by atoms with E-state index in [0.717, 1.165) is 49.2 Å². The molecule has 2 aliphatic rings. The Labute approximate surface area is 214 Å². The molecule has 0 aliphatic carbocycles. The van der Waals surface area contributed by atoms with Crippen LogP contribution in [0.2, 0.25) is 5.02 Å². The second kappa shape index (κ2) is 11.3. The number of amides is 2. The van der Waals surface area contributed by atoms with Crippen LogP contribution in [0.3, 0.4) is 0 Å². The van der Waals surface area contributed by atoms with Crippen LogP contribution in [-0.2, 0) is 14.6 Å². The molecule has 2 heterocycles. The van der Waals surface area contributed by atoms with Gasteiger partial charge in [-0.25, -0.2) is 8.42 Å². The number of carbonyl (C=O) groups is 2. The number of benzene rings is 1. The molecule has 8 nitrogen and oxygen atoms in total. The monoisotopic (exact) mass is 524 g/mol. The molecule has 1 saturated heterocycles. The summed E-state index contributed by atoms with van der Waals surface area (Å²) in [6, 6.07) is 3.91. The van der Waals surface area contributed by atoms with Crippen LogP contribution in [0.5, 0.6) is 0 Å². The summed E-state index contributed by atoms with van der Waals surface area (Å²) in [7, 11) is -0.957. The van der Waals surface area contributed by atoms with Gasteiger partial charge >= 0.3 is 0 Å². The van der Waals surface area contributed by atoms with Crippen molar-refractivity contribution in [2.24, 2.45) is 0 Å². The van der Waals surface area contributed by atoms with Crippen LogP contribution >= 0.6 is 11.6 Å². The first-order valence-corrected chi connectivity index (χ1v) is 14.5. The molecule has 2 aliphatic heterocycles. The minimum atomic E-state index is -2.97. The zero-order valence-electron chi connectivity index (χ0n) is 21.3. The number of halogens is 1. The molecule has 2 amide bonds.